The van der Waals surface area contributed by atoms with E-state index in [2.05, 4.69) is 19.8 Å². The third kappa shape index (κ3) is 2.58. The number of aromatic nitrogens is 4. The number of benzene rings is 1. The first kappa shape index (κ1) is 13.2. The van der Waals surface area contributed by atoms with E-state index in [1.54, 1.807) is 30.3 Å². The molecule has 0 atom stereocenters. The summed E-state index contributed by atoms with van der Waals surface area (Å²) >= 11 is 0. The van der Waals surface area contributed by atoms with Crippen molar-refractivity contribution in [2.45, 2.75) is 5.03 Å². The van der Waals surface area contributed by atoms with Gasteiger partial charge in [0.15, 0.2) is 5.03 Å². The molecule has 2 aromatic heterocycles. The maximum Gasteiger partial charge on any atom is 0.280 e. The van der Waals surface area contributed by atoms with Crippen LogP contribution in [-0.4, -0.2) is 28.2 Å². The number of rotatable bonds is 4. The Morgan fingerprint density at radius 3 is 2.62 bits per heavy atom. The van der Waals surface area contributed by atoms with Crippen molar-refractivity contribution < 1.29 is 8.42 Å². The average Bonchev–Trinajstić information content (AvgIpc) is 3.10. The second-order valence-electron chi connectivity index (χ2n) is 4.24. The van der Waals surface area contributed by atoms with E-state index < -0.39 is 10.0 Å². The van der Waals surface area contributed by atoms with Crippen molar-refractivity contribution in [2.24, 2.45) is 0 Å². The molecule has 0 radical (unpaired) electrons. The molecule has 4 N–H and O–H groups in total. The Labute approximate surface area is 120 Å². The number of aromatic amines is 1. The van der Waals surface area contributed by atoms with Crippen LogP contribution in [0.1, 0.15) is 0 Å². The zero-order chi connectivity index (χ0) is 14.9. The molecule has 21 heavy (non-hydrogen) atoms. The van der Waals surface area contributed by atoms with Crippen LogP contribution in [0.2, 0.25) is 0 Å². The van der Waals surface area contributed by atoms with Crippen LogP contribution in [0.4, 0.5) is 11.5 Å². The third-order valence-corrected chi connectivity index (χ3v) is 4.06. The van der Waals surface area contributed by atoms with Gasteiger partial charge in [0, 0.05) is 11.8 Å². The second-order valence-corrected chi connectivity index (χ2v) is 5.89. The van der Waals surface area contributed by atoms with Crippen LogP contribution in [0.15, 0.2) is 54.1 Å². The van der Waals surface area contributed by atoms with Gasteiger partial charge < -0.3 is 10.7 Å². The summed E-state index contributed by atoms with van der Waals surface area (Å²) in [6.45, 7) is 0. The molecule has 0 spiro atoms. The molecule has 0 aliphatic heterocycles. The van der Waals surface area contributed by atoms with Crippen LogP contribution < -0.4 is 10.5 Å². The topological polar surface area (TPSA) is 119 Å². The molecular weight excluding hydrogens is 292 g/mol. The Kier molecular flexibility index (Phi) is 3.10. The number of H-pyrrole nitrogens is 1. The summed E-state index contributed by atoms with van der Waals surface area (Å²) in [6.07, 6.45) is 4.03. The van der Waals surface area contributed by atoms with Gasteiger partial charge in [-0.1, -0.05) is 0 Å². The van der Waals surface area contributed by atoms with Crippen LogP contribution >= 0.6 is 0 Å². The van der Waals surface area contributed by atoms with Gasteiger partial charge in [0.2, 0.25) is 0 Å². The number of nitrogens with two attached hydrogens (primary N) is 1. The van der Waals surface area contributed by atoms with E-state index in [9.17, 15) is 8.42 Å². The lowest BCUT2D eigenvalue weighted by Gasteiger charge is -2.09. The van der Waals surface area contributed by atoms with E-state index in [1.165, 1.54) is 23.4 Å². The molecule has 0 aliphatic carbocycles. The van der Waals surface area contributed by atoms with Crippen molar-refractivity contribution >= 4 is 21.5 Å². The minimum Gasteiger partial charge on any atom is -0.399 e. The summed E-state index contributed by atoms with van der Waals surface area (Å²) in [5.41, 5.74) is 6.94. The van der Waals surface area contributed by atoms with Gasteiger partial charge >= 0.3 is 0 Å². The van der Waals surface area contributed by atoms with E-state index in [0.29, 0.717) is 17.2 Å². The Balaban J connectivity index is 1.95. The highest BCUT2D eigenvalue weighted by Crippen LogP contribution is 2.18. The van der Waals surface area contributed by atoms with E-state index in [-0.39, 0.29) is 5.03 Å². The zero-order valence-electron chi connectivity index (χ0n) is 10.8. The van der Waals surface area contributed by atoms with Crippen molar-refractivity contribution in [2.75, 3.05) is 10.5 Å². The van der Waals surface area contributed by atoms with Gasteiger partial charge in [-0.05, 0) is 24.3 Å². The molecule has 2 heterocycles. The molecule has 0 fully saturated rings. The van der Waals surface area contributed by atoms with Crippen LogP contribution in [0, 0.1) is 0 Å². The minimum absolute atomic E-state index is 0.0208. The fraction of sp³-hybridized carbons (Fsp3) is 0. The van der Waals surface area contributed by atoms with Crippen molar-refractivity contribution in [1.29, 1.82) is 0 Å². The molecule has 1 aromatic carbocycles. The van der Waals surface area contributed by atoms with Crippen molar-refractivity contribution in [1.82, 2.24) is 19.7 Å². The molecule has 0 amide bonds. The average molecular weight is 304 g/mol. The molecule has 9 heteroatoms. The number of nitrogens with zero attached hydrogens (tertiary/aromatic N) is 3. The first-order valence-electron chi connectivity index (χ1n) is 5.97. The van der Waals surface area contributed by atoms with Crippen LogP contribution in [0.25, 0.3) is 5.69 Å². The first-order valence-corrected chi connectivity index (χ1v) is 7.46. The lowest BCUT2D eigenvalue weighted by Crippen LogP contribution is -2.16. The molecule has 0 unspecified atom stereocenters. The number of nitrogens with one attached hydrogen (secondary N) is 2. The van der Waals surface area contributed by atoms with Crippen LogP contribution in [-0.2, 0) is 10.0 Å². The summed E-state index contributed by atoms with van der Waals surface area (Å²) in [5, 5.41) is 4.08. The summed E-state index contributed by atoms with van der Waals surface area (Å²) in [5.74, 6) is 0.314. The second kappa shape index (κ2) is 4.94. The SMILES string of the molecule is Nc1ccc(-n2nccc2NS(=O)(=O)c2cnc[nH]2)cc1. The summed E-state index contributed by atoms with van der Waals surface area (Å²) in [7, 11) is -3.73. The lowest BCUT2D eigenvalue weighted by molar-refractivity contribution is 0.597. The number of anilines is 2. The summed E-state index contributed by atoms with van der Waals surface area (Å²) in [4.78, 5) is 6.25. The lowest BCUT2D eigenvalue weighted by atomic mass is 10.3. The number of imidazole rings is 1. The molecular formula is C12H12N6O2S. The van der Waals surface area contributed by atoms with Crippen LogP contribution in [0.5, 0.6) is 0 Å². The molecule has 0 saturated carbocycles. The van der Waals surface area contributed by atoms with E-state index in [0.717, 1.165) is 0 Å². The number of nitrogen functional groups attached to an aromatic ring is 1. The molecule has 0 aliphatic rings. The minimum atomic E-state index is -3.73. The quantitative estimate of drug-likeness (QED) is 0.621. The molecule has 0 saturated heterocycles. The Hall–Kier alpha value is -2.81. The van der Waals surface area contributed by atoms with Gasteiger partial charge in [0.05, 0.1) is 24.4 Å². The maximum atomic E-state index is 12.2. The first-order chi connectivity index (χ1) is 10.1. The highest BCUT2D eigenvalue weighted by atomic mass is 32.2. The largest absolute Gasteiger partial charge is 0.399 e. The molecule has 3 aromatic rings. The highest BCUT2D eigenvalue weighted by molar-refractivity contribution is 7.92. The standard InChI is InChI=1S/C12H12N6O2S/c13-9-1-3-10(4-2-9)18-11(5-6-16-18)17-21(19,20)12-7-14-8-15-12/h1-8,17H,13H2,(H,14,15). The van der Waals surface area contributed by atoms with E-state index in [4.69, 9.17) is 5.73 Å². The van der Waals surface area contributed by atoms with Gasteiger partial charge in [-0.3, -0.25) is 4.72 Å². The summed E-state index contributed by atoms with van der Waals surface area (Å²) < 4.78 is 28.2. The zero-order valence-corrected chi connectivity index (χ0v) is 11.6. The predicted molar refractivity (Wildman–Crippen MR) is 77.4 cm³/mol. The number of hydrogen-bond donors (Lipinski definition) is 3. The van der Waals surface area contributed by atoms with Crippen molar-refractivity contribution in [3.63, 3.8) is 0 Å². The third-order valence-electron chi connectivity index (χ3n) is 2.78. The fourth-order valence-electron chi connectivity index (χ4n) is 1.78. The van der Waals surface area contributed by atoms with E-state index >= 15 is 0 Å². The predicted octanol–water partition coefficient (Wildman–Crippen LogP) is 0.978. The normalized spacial score (nSPS) is 11.4. The van der Waals surface area contributed by atoms with Crippen molar-refractivity contribution in [3.8, 4) is 5.69 Å². The van der Waals surface area contributed by atoms with Gasteiger partial charge in [-0.25, -0.2) is 9.67 Å². The smallest absolute Gasteiger partial charge is 0.280 e. The Bertz CT molecular complexity index is 836. The van der Waals surface area contributed by atoms with Gasteiger partial charge in [-0.2, -0.15) is 13.5 Å². The molecule has 8 nitrogen and oxygen atoms in total. The summed E-state index contributed by atoms with van der Waals surface area (Å²) in [6, 6.07) is 8.48. The molecule has 0 bridgehead atoms. The van der Waals surface area contributed by atoms with Gasteiger partial charge in [0.1, 0.15) is 5.82 Å². The van der Waals surface area contributed by atoms with Crippen molar-refractivity contribution in [3.05, 3.63) is 49.1 Å². The maximum absolute atomic E-state index is 12.2. The Morgan fingerprint density at radius 1 is 1.19 bits per heavy atom. The number of hydrogen-bond acceptors (Lipinski definition) is 5. The highest BCUT2D eigenvalue weighted by Gasteiger charge is 2.18. The number of sulfonamides is 1. The van der Waals surface area contributed by atoms with E-state index in [1.807, 2.05) is 0 Å². The van der Waals surface area contributed by atoms with Crippen LogP contribution in [0.3, 0.4) is 0 Å². The monoisotopic (exact) mass is 304 g/mol. The van der Waals surface area contributed by atoms with Gasteiger partial charge in [0.25, 0.3) is 10.0 Å². The fourth-order valence-corrected chi connectivity index (χ4v) is 2.73. The molecule has 108 valence electrons. The molecule has 3 rings (SSSR count). The van der Waals surface area contributed by atoms with Gasteiger partial charge in [-0.15, -0.1) is 0 Å². The Morgan fingerprint density at radius 2 is 1.95 bits per heavy atom.